The number of urea groups is 1. The summed E-state index contributed by atoms with van der Waals surface area (Å²) in [5.41, 5.74) is 1.70. The molecule has 0 unspecified atom stereocenters. The second-order valence-electron chi connectivity index (χ2n) is 7.94. The number of hydrogen-bond acceptors (Lipinski definition) is 7. The number of methoxy groups -OCH3 is 1. The summed E-state index contributed by atoms with van der Waals surface area (Å²) in [5.74, 6) is 0.837. The zero-order chi connectivity index (χ0) is 22.3. The molecular weight excluding hydrogens is 400 g/mol. The highest BCUT2D eigenvalue weighted by molar-refractivity contribution is 6.22. The molecule has 0 bridgehead atoms. The lowest BCUT2D eigenvalue weighted by Crippen LogP contribution is -2.43. The standard InChI is InChI=1S/C21H24N6O4/c1-13-17(14(2)31-24-13)12-25-11-16(9-22-25)27-19(28)21(3,4)26(20(27)29)10-15-7-6-8-18(23-15)30-5/h6-9,11H,10,12H2,1-5H3. The number of carbonyl (C=O) groups excluding carboxylic acids is 2. The van der Waals surface area contributed by atoms with E-state index in [1.165, 1.54) is 18.2 Å². The first kappa shape index (κ1) is 20.6. The number of hydrogen-bond donors (Lipinski definition) is 0. The molecule has 1 fully saturated rings. The number of pyridine rings is 1. The van der Waals surface area contributed by atoms with Gasteiger partial charge < -0.3 is 14.2 Å². The Morgan fingerprint density at radius 3 is 2.61 bits per heavy atom. The fourth-order valence-corrected chi connectivity index (χ4v) is 3.59. The van der Waals surface area contributed by atoms with Crippen LogP contribution in [0.1, 0.15) is 36.6 Å². The summed E-state index contributed by atoms with van der Waals surface area (Å²) in [4.78, 5) is 33.4. The van der Waals surface area contributed by atoms with Crippen molar-refractivity contribution in [2.24, 2.45) is 0 Å². The Bertz CT molecular complexity index is 1130. The van der Waals surface area contributed by atoms with Crippen molar-refractivity contribution in [1.82, 2.24) is 24.8 Å². The molecule has 1 aliphatic heterocycles. The molecule has 0 spiro atoms. The molecule has 162 valence electrons. The summed E-state index contributed by atoms with van der Waals surface area (Å²) in [5, 5.41) is 8.27. The summed E-state index contributed by atoms with van der Waals surface area (Å²) >= 11 is 0. The number of amides is 3. The van der Waals surface area contributed by atoms with Crippen molar-refractivity contribution < 1.29 is 18.8 Å². The minimum Gasteiger partial charge on any atom is -0.481 e. The van der Waals surface area contributed by atoms with E-state index >= 15 is 0 Å². The van der Waals surface area contributed by atoms with Gasteiger partial charge in [-0.05, 0) is 33.8 Å². The molecule has 4 rings (SSSR count). The lowest BCUT2D eigenvalue weighted by Gasteiger charge is -2.27. The van der Waals surface area contributed by atoms with Crippen LogP contribution in [0, 0.1) is 13.8 Å². The third-order valence-electron chi connectivity index (χ3n) is 5.51. The maximum absolute atomic E-state index is 13.2. The van der Waals surface area contributed by atoms with Crippen LogP contribution >= 0.6 is 0 Å². The predicted molar refractivity (Wildman–Crippen MR) is 111 cm³/mol. The molecular formula is C21H24N6O4. The maximum Gasteiger partial charge on any atom is 0.332 e. The number of carbonyl (C=O) groups is 2. The maximum atomic E-state index is 13.2. The van der Waals surface area contributed by atoms with Crippen LogP contribution in [-0.2, 0) is 17.9 Å². The van der Waals surface area contributed by atoms with Crippen molar-refractivity contribution in [3.63, 3.8) is 0 Å². The van der Waals surface area contributed by atoms with Gasteiger partial charge in [0.1, 0.15) is 11.3 Å². The van der Waals surface area contributed by atoms with E-state index in [0.717, 1.165) is 16.2 Å². The minimum atomic E-state index is -1.04. The van der Waals surface area contributed by atoms with Crippen LogP contribution in [0.3, 0.4) is 0 Å². The molecule has 31 heavy (non-hydrogen) atoms. The highest BCUT2D eigenvalue weighted by Gasteiger charge is 2.52. The Labute approximate surface area is 179 Å². The first-order chi connectivity index (χ1) is 14.7. The van der Waals surface area contributed by atoms with E-state index in [1.807, 2.05) is 13.8 Å². The summed E-state index contributed by atoms with van der Waals surface area (Å²) in [6, 6.07) is 4.90. The van der Waals surface area contributed by atoms with Crippen LogP contribution in [0.2, 0.25) is 0 Å². The average molecular weight is 424 g/mol. The van der Waals surface area contributed by atoms with Crippen molar-refractivity contribution in [2.45, 2.75) is 46.3 Å². The van der Waals surface area contributed by atoms with Crippen molar-refractivity contribution >= 4 is 17.6 Å². The van der Waals surface area contributed by atoms with Crippen molar-refractivity contribution in [3.8, 4) is 5.88 Å². The number of aromatic nitrogens is 4. The second kappa shape index (κ2) is 7.53. The van der Waals surface area contributed by atoms with Crippen molar-refractivity contribution in [3.05, 3.63) is 53.3 Å². The van der Waals surface area contributed by atoms with Gasteiger partial charge in [0, 0.05) is 17.8 Å². The highest BCUT2D eigenvalue weighted by atomic mass is 16.5. The minimum absolute atomic E-state index is 0.179. The van der Waals surface area contributed by atoms with E-state index < -0.39 is 11.6 Å². The van der Waals surface area contributed by atoms with Crippen LogP contribution in [0.25, 0.3) is 0 Å². The topological polar surface area (TPSA) is 107 Å². The third-order valence-corrected chi connectivity index (χ3v) is 5.51. The molecule has 3 amide bonds. The van der Waals surface area contributed by atoms with Crippen LogP contribution in [-0.4, -0.2) is 49.4 Å². The Hall–Kier alpha value is -3.69. The van der Waals surface area contributed by atoms with Gasteiger partial charge >= 0.3 is 6.03 Å². The van der Waals surface area contributed by atoms with E-state index in [9.17, 15) is 9.59 Å². The quantitative estimate of drug-likeness (QED) is 0.560. The smallest absolute Gasteiger partial charge is 0.332 e. The zero-order valence-corrected chi connectivity index (χ0v) is 18.1. The van der Waals surface area contributed by atoms with Gasteiger partial charge in [-0.2, -0.15) is 5.10 Å². The number of anilines is 1. The average Bonchev–Trinajstić information content (AvgIpc) is 3.37. The van der Waals surface area contributed by atoms with Crippen LogP contribution < -0.4 is 9.64 Å². The fourth-order valence-electron chi connectivity index (χ4n) is 3.59. The van der Waals surface area contributed by atoms with E-state index in [-0.39, 0.29) is 12.5 Å². The largest absolute Gasteiger partial charge is 0.481 e. The van der Waals surface area contributed by atoms with Crippen molar-refractivity contribution in [1.29, 1.82) is 0 Å². The van der Waals surface area contributed by atoms with Gasteiger partial charge in [0.2, 0.25) is 5.88 Å². The molecule has 0 aliphatic carbocycles. The lowest BCUT2D eigenvalue weighted by molar-refractivity contribution is -0.123. The Kier molecular flexibility index (Phi) is 5.00. The molecule has 0 N–H and O–H groups in total. The van der Waals surface area contributed by atoms with Gasteiger partial charge in [-0.15, -0.1) is 0 Å². The van der Waals surface area contributed by atoms with Crippen molar-refractivity contribution in [2.75, 3.05) is 12.0 Å². The molecule has 10 heteroatoms. The molecule has 1 aliphatic rings. The summed E-state index contributed by atoms with van der Waals surface area (Å²) in [6.07, 6.45) is 3.18. The summed E-state index contributed by atoms with van der Waals surface area (Å²) < 4.78 is 12.0. The number of imide groups is 1. The molecule has 0 atom stereocenters. The van der Waals surface area contributed by atoms with E-state index in [4.69, 9.17) is 9.26 Å². The third kappa shape index (κ3) is 3.54. The van der Waals surface area contributed by atoms with Gasteiger partial charge in [0.25, 0.3) is 5.91 Å². The first-order valence-corrected chi connectivity index (χ1v) is 9.82. The normalized spacial score (nSPS) is 15.8. The summed E-state index contributed by atoms with van der Waals surface area (Å²) in [7, 11) is 1.53. The lowest BCUT2D eigenvalue weighted by atomic mass is 10.0. The Morgan fingerprint density at radius 1 is 1.16 bits per heavy atom. The highest BCUT2D eigenvalue weighted by Crippen LogP contribution is 2.33. The van der Waals surface area contributed by atoms with E-state index in [0.29, 0.717) is 29.6 Å². The van der Waals surface area contributed by atoms with Gasteiger partial charge in [0.15, 0.2) is 0 Å². The first-order valence-electron chi connectivity index (χ1n) is 9.82. The van der Waals surface area contributed by atoms with E-state index in [1.54, 1.807) is 42.9 Å². The van der Waals surface area contributed by atoms with Crippen LogP contribution in [0.5, 0.6) is 5.88 Å². The molecule has 0 radical (unpaired) electrons. The van der Waals surface area contributed by atoms with E-state index in [2.05, 4.69) is 15.2 Å². The number of aryl methyl sites for hydroxylation is 2. The molecule has 3 aromatic heterocycles. The summed E-state index contributed by atoms with van der Waals surface area (Å²) in [6.45, 7) is 7.75. The monoisotopic (exact) mass is 424 g/mol. The molecule has 10 nitrogen and oxygen atoms in total. The van der Waals surface area contributed by atoms with Gasteiger partial charge in [0.05, 0.1) is 43.5 Å². The van der Waals surface area contributed by atoms with Gasteiger partial charge in [-0.3, -0.25) is 9.48 Å². The van der Waals surface area contributed by atoms with Gasteiger partial charge in [-0.25, -0.2) is 14.7 Å². The number of ether oxygens (including phenoxy) is 1. The predicted octanol–water partition coefficient (Wildman–Crippen LogP) is 2.69. The Morgan fingerprint density at radius 2 is 1.94 bits per heavy atom. The van der Waals surface area contributed by atoms with Crippen LogP contribution in [0.15, 0.2) is 35.1 Å². The SMILES string of the molecule is COc1cccc(CN2C(=O)N(c3cnn(Cc4c(C)noc4C)c3)C(=O)C2(C)C)n1. The molecule has 1 saturated heterocycles. The zero-order valence-electron chi connectivity index (χ0n) is 18.1. The number of nitrogens with zero attached hydrogens (tertiary/aromatic N) is 6. The van der Waals surface area contributed by atoms with Crippen LogP contribution in [0.4, 0.5) is 10.5 Å². The molecule has 4 heterocycles. The molecule has 0 saturated carbocycles. The molecule has 0 aromatic carbocycles. The Balaban J connectivity index is 1.59. The second-order valence-corrected chi connectivity index (χ2v) is 7.94. The number of rotatable bonds is 6. The fraction of sp³-hybridized carbons (Fsp3) is 0.381. The molecule has 3 aromatic rings. The van der Waals surface area contributed by atoms with Gasteiger partial charge in [-0.1, -0.05) is 11.2 Å².